The molecule has 1 unspecified atom stereocenters. The lowest BCUT2D eigenvalue weighted by Crippen LogP contribution is -2.32. The van der Waals surface area contributed by atoms with Crippen LogP contribution in [-0.2, 0) is 4.79 Å². The third-order valence-corrected chi connectivity index (χ3v) is 3.23. The van der Waals surface area contributed by atoms with Crippen LogP contribution in [-0.4, -0.2) is 36.8 Å². The molecule has 0 aliphatic heterocycles. The number of benzene rings is 1. The van der Waals surface area contributed by atoms with Gasteiger partial charge in [0, 0.05) is 19.0 Å². The fourth-order valence-electron chi connectivity index (χ4n) is 1.47. The minimum Gasteiger partial charge on any atom is -0.491 e. The largest absolute Gasteiger partial charge is 0.491 e. The van der Waals surface area contributed by atoms with Crippen LogP contribution in [0.1, 0.15) is 12.8 Å². The molecule has 0 aromatic heterocycles. The molecule has 5 nitrogen and oxygen atoms in total. The molecule has 0 aliphatic rings. The number of nitrogens with one attached hydrogen (secondary N) is 1. The van der Waals surface area contributed by atoms with Gasteiger partial charge in [-0.3, -0.25) is 4.79 Å². The first kappa shape index (κ1) is 17.0. The topological polar surface area (TPSA) is 84.6 Å². The van der Waals surface area contributed by atoms with Crippen LogP contribution in [0.25, 0.3) is 0 Å². The highest BCUT2D eigenvalue weighted by molar-refractivity contribution is 6.42. The summed E-state index contributed by atoms with van der Waals surface area (Å²) in [5.74, 6) is 0.225. The molecule has 0 heterocycles. The molecular formula is C13H18Cl2N2O3. The number of hydrogen-bond acceptors (Lipinski definition) is 4. The fourth-order valence-corrected chi connectivity index (χ4v) is 1.76. The van der Waals surface area contributed by atoms with Crippen LogP contribution in [0.2, 0.25) is 10.0 Å². The molecule has 0 fully saturated rings. The summed E-state index contributed by atoms with van der Waals surface area (Å²) in [7, 11) is 0. The Morgan fingerprint density at radius 3 is 2.80 bits per heavy atom. The molecule has 1 rings (SSSR count). The minimum atomic E-state index is -0.655. The first-order valence-electron chi connectivity index (χ1n) is 6.24. The summed E-state index contributed by atoms with van der Waals surface area (Å²) in [5, 5.41) is 13.6. The monoisotopic (exact) mass is 320 g/mol. The van der Waals surface area contributed by atoms with Gasteiger partial charge in [-0.05, 0) is 25.1 Å². The number of carbonyl (C=O) groups excluding carboxylic acids is 1. The molecule has 1 amide bonds. The Hall–Kier alpha value is -1.01. The van der Waals surface area contributed by atoms with E-state index in [1.165, 1.54) is 0 Å². The zero-order valence-electron chi connectivity index (χ0n) is 10.9. The van der Waals surface area contributed by atoms with Crippen molar-refractivity contribution < 1.29 is 14.6 Å². The first-order chi connectivity index (χ1) is 9.49. The second-order valence-electron chi connectivity index (χ2n) is 4.31. The van der Waals surface area contributed by atoms with Crippen molar-refractivity contribution in [2.75, 3.05) is 19.7 Å². The summed E-state index contributed by atoms with van der Waals surface area (Å²) < 4.78 is 5.39. The highest BCUT2D eigenvalue weighted by atomic mass is 35.5. The molecule has 0 bridgehead atoms. The number of nitrogens with two attached hydrogens (primary N) is 1. The minimum absolute atomic E-state index is 0.140. The number of aliphatic hydroxyl groups is 1. The Labute approximate surface area is 128 Å². The van der Waals surface area contributed by atoms with Crippen molar-refractivity contribution in [1.82, 2.24) is 5.32 Å². The Morgan fingerprint density at radius 2 is 2.15 bits per heavy atom. The van der Waals surface area contributed by atoms with E-state index in [4.69, 9.17) is 33.7 Å². The molecule has 7 heteroatoms. The quantitative estimate of drug-likeness (QED) is 0.603. The molecule has 0 saturated carbocycles. The van der Waals surface area contributed by atoms with E-state index in [2.05, 4.69) is 5.32 Å². The van der Waals surface area contributed by atoms with Crippen molar-refractivity contribution in [1.29, 1.82) is 0 Å². The van der Waals surface area contributed by atoms with Gasteiger partial charge in [0.15, 0.2) is 0 Å². The van der Waals surface area contributed by atoms with Gasteiger partial charge in [-0.25, -0.2) is 0 Å². The zero-order valence-corrected chi connectivity index (χ0v) is 12.5. The fraction of sp³-hybridized carbons (Fsp3) is 0.462. The van der Waals surface area contributed by atoms with Crippen molar-refractivity contribution in [3.63, 3.8) is 0 Å². The van der Waals surface area contributed by atoms with Crippen molar-refractivity contribution >= 4 is 29.1 Å². The molecule has 0 spiro atoms. The Balaban J connectivity index is 2.17. The number of primary amides is 1. The van der Waals surface area contributed by atoms with Crippen molar-refractivity contribution in [3.8, 4) is 5.75 Å². The Kier molecular flexibility index (Phi) is 7.69. The SMILES string of the molecule is NC(=O)CCCNCC(O)COc1ccc(Cl)c(Cl)c1. The number of carbonyl (C=O) groups is 1. The van der Waals surface area contributed by atoms with Gasteiger partial charge in [0.2, 0.25) is 5.91 Å². The number of rotatable bonds is 9. The molecule has 4 N–H and O–H groups in total. The number of aliphatic hydroxyl groups excluding tert-OH is 1. The maximum Gasteiger partial charge on any atom is 0.217 e. The highest BCUT2D eigenvalue weighted by Crippen LogP contribution is 2.26. The third-order valence-electron chi connectivity index (χ3n) is 2.49. The van der Waals surface area contributed by atoms with Crippen molar-refractivity contribution in [3.05, 3.63) is 28.2 Å². The maximum atomic E-state index is 10.5. The molecule has 1 atom stereocenters. The predicted octanol–water partition coefficient (Wildman–Crippen LogP) is 1.59. The lowest BCUT2D eigenvalue weighted by atomic mass is 10.3. The zero-order chi connectivity index (χ0) is 15.0. The van der Waals surface area contributed by atoms with Crippen LogP contribution >= 0.6 is 23.2 Å². The molecule has 1 aromatic carbocycles. The van der Waals surface area contributed by atoms with Gasteiger partial charge in [0.25, 0.3) is 0 Å². The summed E-state index contributed by atoms with van der Waals surface area (Å²) in [6, 6.07) is 4.91. The van der Waals surface area contributed by atoms with Gasteiger partial charge in [-0.15, -0.1) is 0 Å². The van der Waals surface area contributed by atoms with Crippen LogP contribution in [0.4, 0.5) is 0 Å². The Bertz CT molecular complexity index is 444. The summed E-state index contributed by atoms with van der Waals surface area (Å²) in [5.41, 5.74) is 5.01. The normalized spacial score (nSPS) is 12.2. The van der Waals surface area contributed by atoms with Crippen LogP contribution in [0.5, 0.6) is 5.75 Å². The standard InChI is InChI=1S/C13H18Cl2N2O3/c14-11-4-3-10(6-12(11)15)20-8-9(18)7-17-5-1-2-13(16)19/h3-4,6,9,17-18H,1-2,5,7-8H2,(H2,16,19). The number of ether oxygens (including phenoxy) is 1. The van der Waals surface area contributed by atoms with Crippen LogP contribution in [0.3, 0.4) is 0 Å². The van der Waals surface area contributed by atoms with E-state index in [0.717, 1.165) is 0 Å². The molecular weight excluding hydrogens is 303 g/mol. The van der Waals surface area contributed by atoms with E-state index in [1.54, 1.807) is 18.2 Å². The second kappa shape index (κ2) is 9.02. The molecule has 0 radical (unpaired) electrons. The smallest absolute Gasteiger partial charge is 0.217 e. The van der Waals surface area contributed by atoms with E-state index in [1.807, 2.05) is 0 Å². The van der Waals surface area contributed by atoms with Gasteiger partial charge in [0.1, 0.15) is 18.5 Å². The lowest BCUT2D eigenvalue weighted by molar-refractivity contribution is -0.118. The predicted molar refractivity (Wildman–Crippen MR) is 79.3 cm³/mol. The van der Waals surface area contributed by atoms with E-state index >= 15 is 0 Å². The van der Waals surface area contributed by atoms with Gasteiger partial charge < -0.3 is 20.9 Å². The lowest BCUT2D eigenvalue weighted by Gasteiger charge is -2.13. The highest BCUT2D eigenvalue weighted by Gasteiger charge is 2.06. The van der Waals surface area contributed by atoms with Crippen LogP contribution in [0, 0.1) is 0 Å². The summed E-state index contributed by atoms with van der Waals surface area (Å²) in [6.07, 6.45) is 0.330. The van der Waals surface area contributed by atoms with Gasteiger partial charge >= 0.3 is 0 Å². The second-order valence-corrected chi connectivity index (χ2v) is 5.13. The van der Waals surface area contributed by atoms with E-state index in [0.29, 0.717) is 41.7 Å². The van der Waals surface area contributed by atoms with E-state index in [-0.39, 0.29) is 12.5 Å². The van der Waals surface area contributed by atoms with Gasteiger partial charge in [0.05, 0.1) is 10.0 Å². The Morgan fingerprint density at radius 1 is 1.40 bits per heavy atom. The van der Waals surface area contributed by atoms with Crippen LogP contribution in [0.15, 0.2) is 18.2 Å². The molecule has 1 aromatic rings. The molecule has 112 valence electrons. The molecule has 0 aliphatic carbocycles. The average Bonchev–Trinajstić information content (AvgIpc) is 2.39. The van der Waals surface area contributed by atoms with Gasteiger partial charge in [-0.2, -0.15) is 0 Å². The van der Waals surface area contributed by atoms with Crippen LogP contribution < -0.4 is 15.8 Å². The molecule has 0 saturated heterocycles. The molecule has 20 heavy (non-hydrogen) atoms. The van der Waals surface area contributed by atoms with E-state index < -0.39 is 6.10 Å². The average molecular weight is 321 g/mol. The van der Waals surface area contributed by atoms with E-state index in [9.17, 15) is 9.90 Å². The summed E-state index contributed by atoms with van der Waals surface area (Å²) in [6.45, 7) is 1.13. The number of amides is 1. The van der Waals surface area contributed by atoms with Gasteiger partial charge in [-0.1, -0.05) is 23.2 Å². The van der Waals surface area contributed by atoms with Crippen molar-refractivity contribution in [2.45, 2.75) is 18.9 Å². The number of halogens is 2. The van der Waals surface area contributed by atoms with Crippen molar-refractivity contribution in [2.24, 2.45) is 5.73 Å². The number of hydrogen-bond donors (Lipinski definition) is 3. The summed E-state index contributed by atoms with van der Waals surface area (Å²) in [4.78, 5) is 10.5. The summed E-state index contributed by atoms with van der Waals surface area (Å²) >= 11 is 11.6. The first-order valence-corrected chi connectivity index (χ1v) is 6.99. The third kappa shape index (κ3) is 6.96. The maximum absolute atomic E-state index is 10.5.